The number of methoxy groups -OCH3 is 1. The number of hydrogen-bond acceptors (Lipinski definition) is 5. The van der Waals surface area contributed by atoms with Crippen LogP contribution in [-0.4, -0.2) is 51.3 Å². The van der Waals surface area contributed by atoms with Crippen molar-refractivity contribution in [2.75, 3.05) is 26.7 Å². The van der Waals surface area contributed by atoms with Gasteiger partial charge in [-0.3, -0.25) is 9.59 Å². The van der Waals surface area contributed by atoms with Gasteiger partial charge in [-0.15, -0.1) is 0 Å². The number of carbonyl (C=O) groups excluding carboxylic acids is 2. The summed E-state index contributed by atoms with van der Waals surface area (Å²) in [6, 6.07) is 13.1. The van der Waals surface area contributed by atoms with Crippen LogP contribution in [0.4, 0.5) is 0 Å². The number of amides is 2. The molecule has 1 aliphatic heterocycles. The lowest BCUT2D eigenvalue weighted by Gasteiger charge is -2.26. The Hall–Kier alpha value is -2.91. The molecule has 9 heteroatoms. The van der Waals surface area contributed by atoms with Crippen molar-refractivity contribution in [3.63, 3.8) is 0 Å². The first-order valence-electron chi connectivity index (χ1n) is 9.67. The second-order valence-corrected chi connectivity index (χ2v) is 8.86. The van der Waals surface area contributed by atoms with Gasteiger partial charge in [-0.2, -0.15) is 4.31 Å². The Balaban J connectivity index is 1.78. The molecule has 0 aliphatic carbocycles. The Kier molecular flexibility index (Phi) is 6.73. The molecule has 160 valence electrons. The Bertz CT molecular complexity index is 1020. The van der Waals surface area contributed by atoms with Crippen LogP contribution in [0.2, 0.25) is 0 Å². The number of hydrogen-bond donors (Lipinski definition) is 2. The van der Waals surface area contributed by atoms with E-state index in [1.165, 1.54) is 18.2 Å². The molecule has 2 N–H and O–H groups in total. The maximum atomic E-state index is 12.9. The van der Waals surface area contributed by atoms with E-state index in [2.05, 4.69) is 10.6 Å². The quantitative estimate of drug-likeness (QED) is 0.694. The smallest absolute Gasteiger partial charge is 0.251 e. The molecule has 2 amide bonds. The number of ether oxygens (including phenoxy) is 1. The number of nitrogens with zero attached hydrogens (tertiary/aromatic N) is 1. The Morgan fingerprint density at radius 2 is 1.97 bits per heavy atom. The standard InChI is InChI=1S/C21H25N3O5S/c1-3-19(15-7-9-17(29-2)10-8-15)23-21(26)16-5-4-6-18(13-16)30(27,28)24-12-11-22-20(25)14-24/h4-10,13,19H,3,11-12,14H2,1-2H3,(H,22,25)(H,23,26)/t19-/m0/s1. The molecule has 30 heavy (non-hydrogen) atoms. The summed E-state index contributed by atoms with van der Waals surface area (Å²) in [4.78, 5) is 24.4. The fourth-order valence-corrected chi connectivity index (χ4v) is 4.71. The predicted molar refractivity (Wildman–Crippen MR) is 112 cm³/mol. The van der Waals surface area contributed by atoms with Crippen LogP contribution in [-0.2, 0) is 14.8 Å². The van der Waals surface area contributed by atoms with Gasteiger partial charge in [-0.1, -0.05) is 25.1 Å². The van der Waals surface area contributed by atoms with Gasteiger partial charge in [0.25, 0.3) is 5.91 Å². The molecular formula is C21H25N3O5S. The summed E-state index contributed by atoms with van der Waals surface area (Å²) in [7, 11) is -2.28. The van der Waals surface area contributed by atoms with Gasteiger partial charge in [-0.25, -0.2) is 8.42 Å². The fourth-order valence-electron chi connectivity index (χ4n) is 3.27. The van der Waals surface area contributed by atoms with Gasteiger partial charge in [0.05, 0.1) is 24.6 Å². The van der Waals surface area contributed by atoms with Gasteiger partial charge in [0, 0.05) is 18.7 Å². The van der Waals surface area contributed by atoms with Crippen LogP contribution >= 0.6 is 0 Å². The summed E-state index contributed by atoms with van der Waals surface area (Å²) < 4.78 is 32.0. The maximum absolute atomic E-state index is 12.9. The SMILES string of the molecule is CC[C@H](NC(=O)c1cccc(S(=O)(=O)N2CCNC(=O)C2)c1)c1ccc(OC)cc1. The van der Waals surface area contributed by atoms with Gasteiger partial charge >= 0.3 is 0 Å². The number of sulfonamides is 1. The van der Waals surface area contributed by atoms with E-state index < -0.39 is 10.0 Å². The molecule has 0 unspecified atom stereocenters. The Labute approximate surface area is 176 Å². The first-order valence-corrected chi connectivity index (χ1v) is 11.1. The minimum atomic E-state index is -3.87. The molecule has 1 saturated heterocycles. The highest BCUT2D eigenvalue weighted by molar-refractivity contribution is 7.89. The van der Waals surface area contributed by atoms with Crippen molar-refractivity contribution >= 4 is 21.8 Å². The lowest BCUT2D eigenvalue weighted by atomic mass is 10.0. The number of benzene rings is 2. The van der Waals surface area contributed by atoms with Crippen LogP contribution in [0.15, 0.2) is 53.4 Å². The number of nitrogens with one attached hydrogen (secondary N) is 2. The van der Waals surface area contributed by atoms with Gasteiger partial charge in [0.1, 0.15) is 5.75 Å². The second-order valence-electron chi connectivity index (χ2n) is 6.92. The van der Waals surface area contributed by atoms with Crippen LogP contribution in [0.5, 0.6) is 5.75 Å². The van der Waals surface area contributed by atoms with Crippen molar-refractivity contribution in [2.45, 2.75) is 24.3 Å². The summed E-state index contributed by atoms with van der Waals surface area (Å²) >= 11 is 0. The summed E-state index contributed by atoms with van der Waals surface area (Å²) in [6.07, 6.45) is 0.666. The maximum Gasteiger partial charge on any atom is 0.251 e. The van der Waals surface area contributed by atoms with Crippen LogP contribution in [0.3, 0.4) is 0 Å². The average Bonchev–Trinajstić information content (AvgIpc) is 2.77. The number of rotatable bonds is 7. The van der Waals surface area contributed by atoms with E-state index in [0.29, 0.717) is 6.42 Å². The summed E-state index contributed by atoms with van der Waals surface area (Å²) in [5.74, 6) is 0.0133. The van der Waals surface area contributed by atoms with Crippen molar-refractivity contribution in [2.24, 2.45) is 0 Å². The molecule has 2 aromatic carbocycles. The van der Waals surface area contributed by atoms with Crippen LogP contribution in [0.1, 0.15) is 35.3 Å². The van der Waals surface area contributed by atoms with Gasteiger partial charge < -0.3 is 15.4 Å². The Morgan fingerprint density at radius 3 is 2.60 bits per heavy atom. The minimum absolute atomic E-state index is 0.0117. The highest BCUT2D eigenvalue weighted by atomic mass is 32.2. The zero-order valence-corrected chi connectivity index (χ0v) is 17.7. The Morgan fingerprint density at radius 1 is 1.23 bits per heavy atom. The topological polar surface area (TPSA) is 105 Å². The van der Waals surface area contributed by atoms with Crippen LogP contribution in [0, 0.1) is 0 Å². The molecule has 3 rings (SSSR count). The zero-order chi connectivity index (χ0) is 21.7. The van der Waals surface area contributed by atoms with Crippen molar-refractivity contribution in [1.82, 2.24) is 14.9 Å². The van der Waals surface area contributed by atoms with E-state index >= 15 is 0 Å². The third-order valence-corrected chi connectivity index (χ3v) is 6.81. The zero-order valence-electron chi connectivity index (χ0n) is 16.9. The normalized spacial score (nSPS) is 15.9. The molecule has 0 aromatic heterocycles. The average molecular weight is 432 g/mol. The van der Waals surface area contributed by atoms with Crippen LogP contribution in [0.25, 0.3) is 0 Å². The molecule has 0 bridgehead atoms. The largest absolute Gasteiger partial charge is 0.497 e. The first-order chi connectivity index (χ1) is 14.3. The molecule has 1 heterocycles. The highest BCUT2D eigenvalue weighted by Crippen LogP contribution is 2.22. The first kappa shape index (κ1) is 21.8. The van der Waals surface area contributed by atoms with Gasteiger partial charge in [0.2, 0.25) is 15.9 Å². The molecule has 2 aromatic rings. The minimum Gasteiger partial charge on any atom is -0.497 e. The van der Waals surface area contributed by atoms with E-state index in [4.69, 9.17) is 4.74 Å². The molecule has 0 saturated carbocycles. The van der Waals surface area contributed by atoms with Crippen molar-refractivity contribution in [1.29, 1.82) is 0 Å². The van der Waals surface area contributed by atoms with Crippen molar-refractivity contribution in [3.8, 4) is 5.75 Å². The van der Waals surface area contributed by atoms with Gasteiger partial charge in [0.15, 0.2) is 0 Å². The second kappa shape index (κ2) is 9.27. The number of piperazine rings is 1. The molecule has 8 nitrogen and oxygen atoms in total. The van der Waals surface area contributed by atoms with Crippen molar-refractivity contribution in [3.05, 3.63) is 59.7 Å². The lowest BCUT2D eigenvalue weighted by Crippen LogP contribution is -2.49. The lowest BCUT2D eigenvalue weighted by molar-refractivity contribution is -0.122. The number of carbonyl (C=O) groups is 2. The van der Waals surface area contributed by atoms with E-state index in [1.807, 2.05) is 31.2 Å². The summed E-state index contributed by atoms with van der Waals surface area (Å²) in [5, 5.41) is 5.55. The van der Waals surface area contributed by atoms with E-state index in [0.717, 1.165) is 15.6 Å². The molecule has 0 spiro atoms. The predicted octanol–water partition coefficient (Wildman–Crippen LogP) is 1.70. The molecule has 0 radical (unpaired) electrons. The molecule has 1 fully saturated rings. The third-order valence-electron chi connectivity index (χ3n) is 4.97. The van der Waals surface area contributed by atoms with E-state index in [1.54, 1.807) is 13.2 Å². The van der Waals surface area contributed by atoms with Gasteiger partial charge in [-0.05, 0) is 42.3 Å². The van der Waals surface area contributed by atoms with Crippen molar-refractivity contribution < 1.29 is 22.7 Å². The molecule has 1 aliphatic rings. The monoisotopic (exact) mass is 431 g/mol. The fraction of sp³-hybridized carbons (Fsp3) is 0.333. The molecular weight excluding hydrogens is 406 g/mol. The third kappa shape index (κ3) is 4.80. The molecule has 1 atom stereocenters. The van der Waals surface area contributed by atoms with E-state index in [9.17, 15) is 18.0 Å². The van der Waals surface area contributed by atoms with E-state index in [-0.39, 0.29) is 47.9 Å². The summed E-state index contributed by atoms with van der Waals surface area (Å²) in [5.41, 5.74) is 1.17. The van der Waals surface area contributed by atoms with Crippen LogP contribution < -0.4 is 15.4 Å². The summed E-state index contributed by atoms with van der Waals surface area (Å²) in [6.45, 7) is 2.18. The highest BCUT2D eigenvalue weighted by Gasteiger charge is 2.29.